The topological polar surface area (TPSA) is 109 Å². The summed E-state index contributed by atoms with van der Waals surface area (Å²) < 4.78 is 0. The molecule has 0 saturated heterocycles. The largest absolute Gasteiger partial charge is 0.375 e. The van der Waals surface area contributed by atoms with Gasteiger partial charge in [0.1, 0.15) is 0 Å². The van der Waals surface area contributed by atoms with Crippen LogP contribution in [0.5, 0.6) is 0 Å². The van der Waals surface area contributed by atoms with E-state index in [-0.39, 0.29) is 0 Å². The van der Waals surface area contributed by atoms with Gasteiger partial charge in [-0.1, -0.05) is 0 Å². The van der Waals surface area contributed by atoms with Crippen molar-refractivity contribution in [2.75, 3.05) is 5.73 Å². The lowest BCUT2D eigenvalue weighted by molar-refractivity contribution is -0.123. The number of nitrogens with two attached hydrogens (primary N) is 1. The van der Waals surface area contributed by atoms with Crippen LogP contribution in [0.3, 0.4) is 0 Å². The van der Waals surface area contributed by atoms with Crippen molar-refractivity contribution >= 4 is 28.8 Å². The molecule has 2 amide bonds. The Bertz CT molecular complexity index is 324. The van der Waals surface area contributed by atoms with Gasteiger partial charge in [0.25, 0.3) is 5.91 Å². The Balaban J connectivity index is 2.87. The Labute approximate surface area is 77.9 Å². The van der Waals surface area contributed by atoms with Crippen LogP contribution in [0.1, 0.15) is 11.7 Å². The van der Waals surface area contributed by atoms with Crippen LogP contribution in [0.25, 0.3) is 0 Å². The third-order valence-electron chi connectivity index (χ3n) is 1.33. The predicted octanol–water partition coefficient (Wildman–Crippen LogP) is -0.678. The van der Waals surface area contributed by atoms with Crippen LogP contribution in [-0.2, 0) is 9.59 Å². The van der Waals surface area contributed by atoms with E-state index < -0.39 is 11.9 Å². The van der Waals surface area contributed by atoms with Gasteiger partial charge in [0.15, 0.2) is 11.2 Å². The van der Waals surface area contributed by atoms with Crippen molar-refractivity contribution in [3.05, 3.63) is 11.1 Å². The highest BCUT2D eigenvalue weighted by molar-refractivity contribution is 7.13. The number of anilines is 1. The Morgan fingerprint density at radius 3 is 2.92 bits per heavy atom. The van der Waals surface area contributed by atoms with Crippen LogP contribution in [0.4, 0.5) is 5.13 Å². The van der Waals surface area contributed by atoms with Gasteiger partial charge in [-0.2, -0.15) is 0 Å². The van der Waals surface area contributed by atoms with Crippen LogP contribution in [-0.4, -0.2) is 17.3 Å². The first-order chi connectivity index (χ1) is 6.15. The van der Waals surface area contributed by atoms with Gasteiger partial charge in [0.2, 0.25) is 6.41 Å². The predicted molar refractivity (Wildman–Crippen MR) is 46.6 cm³/mol. The summed E-state index contributed by atoms with van der Waals surface area (Å²) in [5.74, 6) is -0.919. The van der Waals surface area contributed by atoms with Crippen molar-refractivity contribution in [3.8, 4) is 0 Å². The summed E-state index contributed by atoms with van der Waals surface area (Å²) in [5.41, 5.74) is 12.5. The summed E-state index contributed by atoms with van der Waals surface area (Å²) in [6.07, 6.45) is 0.354. The fourth-order valence-electron chi connectivity index (χ4n) is 0.797. The van der Waals surface area contributed by atoms with Crippen LogP contribution in [0, 0.1) is 0 Å². The number of rotatable bonds is 4. The van der Waals surface area contributed by atoms with E-state index in [9.17, 15) is 9.59 Å². The number of nitrogens with one attached hydrogen (secondary N) is 2. The summed E-state index contributed by atoms with van der Waals surface area (Å²) >= 11 is 1.15. The molecule has 0 saturated carbocycles. The van der Waals surface area contributed by atoms with Crippen molar-refractivity contribution in [2.45, 2.75) is 6.04 Å². The molecule has 1 atom stereocenters. The Kier molecular flexibility index (Phi) is 2.80. The minimum atomic E-state index is -1.01. The molecule has 0 aliphatic rings. The SMILES string of the molecule is [NH]C(=O)C(NC=O)c1csc(N)n1. The molecule has 1 unspecified atom stereocenters. The third kappa shape index (κ3) is 2.15. The second kappa shape index (κ2) is 3.85. The van der Waals surface area contributed by atoms with Crippen LogP contribution in [0.2, 0.25) is 0 Å². The molecule has 6 nitrogen and oxygen atoms in total. The molecule has 69 valence electrons. The molecule has 13 heavy (non-hydrogen) atoms. The highest BCUT2D eigenvalue weighted by Gasteiger charge is 2.19. The average molecular weight is 199 g/mol. The molecule has 0 aliphatic heterocycles. The van der Waals surface area contributed by atoms with E-state index in [2.05, 4.69) is 10.3 Å². The van der Waals surface area contributed by atoms with Gasteiger partial charge >= 0.3 is 0 Å². The first-order valence-electron chi connectivity index (χ1n) is 3.31. The minimum Gasteiger partial charge on any atom is -0.375 e. The van der Waals surface area contributed by atoms with E-state index >= 15 is 0 Å². The number of nitrogens with zero attached hydrogens (tertiary/aromatic N) is 1. The molecule has 1 rings (SSSR count). The zero-order chi connectivity index (χ0) is 9.84. The quantitative estimate of drug-likeness (QED) is 0.626. The van der Waals surface area contributed by atoms with E-state index in [1.807, 2.05) is 0 Å². The lowest BCUT2D eigenvalue weighted by Crippen LogP contribution is -2.28. The summed E-state index contributed by atoms with van der Waals surface area (Å²) in [5, 5.41) is 4.01. The van der Waals surface area contributed by atoms with Crippen LogP contribution in [0.15, 0.2) is 5.38 Å². The smallest absolute Gasteiger partial charge is 0.267 e. The van der Waals surface area contributed by atoms with Gasteiger partial charge in [-0.05, 0) is 0 Å². The van der Waals surface area contributed by atoms with E-state index in [1.54, 1.807) is 0 Å². The lowest BCUT2D eigenvalue weighted by Gasteiger charge is -2.06. The van der Waals surface area contributed by atoms with E-state index in [0.29, 0.717) is 17.2 Å². The van der Waals surface area contributed by atoms with Gasteiger partial charge in [-0.25, -0.2) is 4.98 Å². The molecule has 7 heteroatoms. The molecule has 0 aliphatic carbocycles. The number of nitrogen functional groups attached to an aromatic ring is 1. The standard InChI is InChI=1S/C6H7N4O2S/c7-5(12)4(9-2-11)3-1-13-6(8)10-3/h1-2,4,7H,(H2,8,10)(H,9,11). The maximum atomic E-state index is 10.7. The fraction of sp³-hybridized carbons (Fsp3) is 0.167. The van der Waals surface area contributed by atoms with Crippen LogP contribution >= 0.6 is 11.3 Å². The Morgan fingerprint density at radius 2 is 2.54 bits per heavy atom. The third-order valence-corrected chi connectivity index (χ3v) is 2.02. The Hall–Kier alpha value is -1.63. The zero-order valence-corrected chi connectivity index (χ0v) is 7.30. The van der Waals surface area contributed by atoms with Gasteiger partial charge in [-0.3, -0.25) is 15.3 Å². The van der Waals surface area contributed by atoms with E-state index in [4.69, 9.17) is 11.5 Å². The molecular formula is C6H7N4O2S. The first-order valence-corrected chi connectivity index (χ1v) is 4.19. The van der Waals surface area contributed by atoms with Gasteiger partial charge in [-0.15, -0.1) is 11.3 Å². The highest BCUT2D eigenvalue weighted by atomic mass is 32.1. The first kappa shape index (κ1) is 9.46. The molecule has 0 aromatic carbocycles. The van der Waals surface area contributed by atoms with Crippen molar-refractivity contribution in [2.24, 2.45) is 0 Å². The lowest BCUT2D eigenvalue weighted by atomic mass is 10.2. The molecule has 1 aromatic rings. The molecule has 0 bridgehead atoms. The number of thiazole rings is 1. The van der Waals surface area contributed by atoms with Crippen LogP contribution < -0.4 is 16.8 Å². The molecule has 4 N–H and O–H groups in total. The van der Waals surface area contributed by atoms with Crippen molar-refractivity contribution in [1.29, 1.82) is 0 Å². The van der Waals surface area contributed by atoms with Crippen molar-refractivity contribution < 1.29 is 9.59 Å². The van der Waals surface area contributed by atoms with E-state index in [0.717, 1.165) is 11.3 Å². The van der Waals surface area contributed by atoms with Gasteiger partial charge in [0.05, 0.1) is 5.69 Å². The van der Waals surface area contributed by atoms with Gasteiger partial charge in [0, 0.05) is 5.38 Å². The summed E-state index contributed by atoms with van der Waals surface area (Å²) in [6.45, 7) is 0. The molecular weight excluding hydrogens is 192 g/mol. The maximum Gasteiger partial charge on any atom is 0.267 e. The number of carbonyl (C=O) groups excluding carboxylic acids is 2. The number of hydrogen-bond donors (Lipinski definition) is 2. The molecule has 1 radical (unpaired) electrons. The number of amides is 2. The number of aromatic nitrogens is 1. The van der Waals surface area contributed by atoms with E-state index in [1.165, 1.54) is 5.38 Å². The number of carbonyl (C=O) groups is 2. The second-order valence-corrected chi connectivity index (χ2v) is 3.08. The maximum absolute atomic E-state index is 10.7. The summed E-state index contributed by atoms with van der Waals surface area (Å²) in [7, 11) is 0. The summed E-state index contributed by atoms with van der Waals surface area (Å²) in [6, 6.07) is -1.01. The van der Waals surface area contributed by atoms with Crippen molar-refractivity contribution in [3.63, 3.8) is 0 Å². The normalized spacial score (nSPS) is 12.0. The van der Waals surface area contributed by atoms with Gasteiger partial charge < -0.3 is 11.1 Å². The Morgan fingerprint density at radius 1 is 1.85 bits per heavy atom. The molecule has 0 fully saturated rings. The molecule has 0 spiro atoms. The molecule has 1 heterocycles. The second-order valence-electron chi connectivity index (χ2n) is 2.19. The minimum absolute atomic E-state index is 0.300. The highest BCUT2D eigenvalue weighted by Crippen LogP contribution is 2.17. The monoisotopic (exact) mass is 199 g/mol. The zero-order valence-electron chi connectivity index (χ0n) is 6.48. The molecule has 1 aromatic heterocycles. The summed E-state index contributed by atoms with van der Waals surface area (Å²) in [4.78, 5) is 24.6. The number of hydrogen-bond acceptors (Lipinski definition) is 5. The van der Waals surface area contributed by atoms with Crippen molar-refractivity contribution in [1.82, 2.24) is 16.0 Å². The fourth-order valence-corrected chi connectivity index (χ4v) is 1.39. The average Bonchev–Trinajstić information content (AvgIpc) is 2.46.